The third-order valence-corrected chi connectivity index (χ3v) is 9.80. The second-order valence-corrected chi connectivity index (χ2v) is 13.1. The van der Waals surface area contributed by atoms with Gasteiger partial charge in [0, 0.05) is 45.8 Å². The Kier molecular flexibility index (Phi) is 8.04. The summed E-state index contributed by atoms with van der Waals surface area (Å²) in [5, 5.41) is 27.8. The van der Waals surface area contributed by atoms with Crippen molar-refractivity contribution in [2.45, 2.75) is 19.5 Å². The Bertz CT molecular complexity index is 2180. The van der Waals surface area contributed by atoms with Gasteiger partial charge in [-0.05, 0) is 70.0 Å². The van der Waals surface area contributed by atoms with Gasteiger partial charge in [0.2, 0.25) is 0 Å². The lowest BCUT2D eigenvalue weighted by Gasteiger charge is -2.22. The van der Waals surface area contributed by atoms with Crippen molar-refractivity contribution in [2.24, 2.45) is 0 Å². The van der Waals surface area contributed by atoms with Crippen LogP contribution in [0.1, 0.15) is 17.5 Å². The minimum Gasteiger partial charge on any atom is -0.505 e. The topological polar surface area (TPSA) is 56.8 Å². The van der Waals surface area contributed by atoms with E-state index in [0.29, 0.717) is 24.6 Å². The number of nitrogens with zero attached hydrogens (tertiary/aromatic N) is 4. The number of benzene rings is 6. The molecule has 2 N–H and O–H groups in total. The molecule has 0 atom stereocenters. The monoisotopic (exact) mass is 644 g/mol. The number of hydrogen-bond donors (Lipinski definition) is 2. The zero-order valence-electron chi connectivity index (χ0n) is 27.9. The van der Waals surface area contributed by atoms with Gasteiger partial charge in [-0.25, -0.2) is 0 Å². The van der Waals surface area contributed by atoms with Crippen LogP contribution in [0.4, 0.5) is 0 Å². The SMILES string of the molecule is CN(CCCN(C)Cc1cccc(-n2c3ccccc3c3ccccc32)c1O)Cc1cccc(-n2c3ccccc3c3ccccc32)c1O. The molecule has 0 aliphatic carbocycles. The standard InChI is InChI=1S/C43H40N4O2/c1-44(28-30-14-11-24-40(42(30)48)46-36-20-7-3-16-32(36)33-17-4-8-21-37(33)46)26-13-27-45(2)29-31-15-12-25-41(43(31)49)47-38-22-9-5-18-34(38)35-19-6-10-23-39(35)47/h3-12,14-25,48-49H,13,26-29H2,1-2H3. The summed E-state index contributed by atoms with van der Waals surface area (Å²) in [6.45, 7) is 3.03. The Morgan fingerprint density at radius 1 is 0.429 bits per heavy atom. The fourth-order valence-corrected chi connectivity index (χ4v) is 7.49. The second kappa shape index (κ2) is 12.8. The predicted molar refractivity (Wildman–Crippen MR) is 202 cm³/mol. The van der Waals surface area contributed by atoms with Gasteiger partial charge in [0.1, 0.15) is 11.5 Å². The maximum atomic E-state index is 11.6. The summed E-state index contributed by atoms with van der Waals surface area (Å²) in [5.41, 5.74) is 7.73. The Morgan fingerprint density at radius 3 is 1.10 bits per heavy atom. The molecule has 0 spiro atoms. The van der Waals surface area contributed by atoms with Crippen LogP contribution in [0.3, 0.4) is 0 Å². The van der Waals surface area contributed by atoms with Crippen LogP contribution in [0.25, 0.3) is 55.0 Å². The molecule has 2 heterocycles. The van der Waals surface area contributed by atoms with Gasteiger partial charge in [-0.3, -0.25) is 0 Å². The fraction of sp³-hybridized carbons (Fsp3) is 0.163. The van der Waals surface area contributed by atoms with Crippen LogP contribution in [0.2, 0.25) is 0 Å². The summed E-state index contributed by atoms with van der Waals surface area (Å²) >= 11 is 0. The molecule has 0 saturated carbocycles. The number of rotatable bonds is 10. The first-order chi connectivity index (χ1) is 24.0. The first kappa shape index (κ1) is 30.8. The molecule has 6 aromatic carbocycles. The lowest BCUT2D eigenvalue weighted by Crippen LogP contribution is -2.25. The molecule has 0 bridgehead atoms. The summed E-state index contributed by atoms with van der Waals surface area (Å²) in [6, 6.07) is 45.6. The third kappa shape index (κ3) is 5.49. The highest BCUT2D eigenvalue weighted by Gasteiger charge is 2.18. The summed E-state index contributed by atoms with van der Waals surface area (Å²) in [5.74, 6) is 0.633. The second-order valence-electron chi connectivity index (χ2n) is 13.1. The molecule has 0 saturated heterocycles. The van der Waals surface area contributed by atoms with E-state index in [9.17, 15) is 10.2 Å². The first-order valence-electron chi connectivity index (χ1n) is 17.0. The van der Waals surface area contributed by atoms with E-state index in [1.54, 1.807) is 0 Å². The average molecular weight is 645 g/mol. The van der Waals surface area contributed by atoms with Crippen LogP contribution < -0.4 is 0 Å². The quantitative estimate of drug-likeness (QED) is 0.156. The van der Waals surface area contributed by atoms with Crippen LogP contribution in [0.5, 0.6) is 11.5 Å². The number of phenolic OH excluding ortho intramolecular Hbond substituents is 2. The molecule has 8 aromatic rings. The molecule has 0 fully saturated rings. The Balaban J connectivity index is 0.951. The molecule has 0 unspecified atom stereocenters. The Hall–Kier alpha value is -5.56. The number of aromatic hydroxyl groups is 2. The molecule has 49 heavy (non-hydrogen) atoms. The van der Waals surface area contributed by atoms with Crippen molar-refractivity contribution in [1.29, 1.82) is 0 Å². The van der Waals surface area contributed by atoms with Crippen molar-refractivity contribution in [1.82, 2.24) is 18.9 Å². The summed E-state index contributed by atoms with van der Waals surface area (Å²) in [6.07, 6.45) is 0.952. The predicted octanol–water partition coefficient (Wildman–Crippen LogP) is 9.25. The molecular formula is C43H40N4O2. The molecule has 2 aromatic heterocycles. The summed E-state index contributed by atoms with van der Waals surface area (Å²) in [4.78, 5) is 4.53. The van der Waals surface area contributed by atoms with E-state index in [1.807, 2.05) is 60.7 Å². The van der Waals surface area contributed by atoms with E-state index >= 15 is 0 Å². The molecule has 6 heteroatoms. The molecule has 0 aliphatic rings. The van der Waals surface area contributed by atoms with Crippen molar-refractivity contribution in [2.75, 3.05) is 27.2 Å². The van der Waals surface area contributed by atoms with Gasteiger partial charge in [0.25, 0.3) is 0 Å². The minimum atomic E-state index is 0.316. The molecular weight excluding hydrogens is 604 g/mol. The summed E-state index contributed by atoms with van der Waals surface area (Å²) < 4.78 is 4.34. The van der Waals surface area contributed by atoms with Gasteiger partial charge in [-0.2, -0.15) is 0 Å². The number of phenols is 2. The maximum Gasteiger partial charge on any atom is 0.144 e. The van der Waals surface area contributed by atoms with Crippen LogP contribution >= 0.6 is 0 Å². The first-order valence-corrected chi connectivity index (χ1v) is 17.0. The number of para-hydroxylation sites is 6. The normalized spacial score (nSPS) is 12.0. The van der Waals surface area contributed by atoms with Crippen molar-refractivity contribution in [3.8, 4) is 22.9 Å². The van der Waals surface area contributed by atoms with Crippen LogP contribution in [-0.4, -0.2) is 56.3 Å². The average Bonchev–Trinajstić information content (AvgIpc) is 3.63. The Morgan fingerprint density at radius 2 is 0.755 bits per heavy atom. The summed E-state index contributed by atoms with van der Waals surface area (Å²) in [7, 11) is 4.21. The van der Waals surface area contributed by atoms with Crippen LogP contribution in [0, 0.1) is 0 Å². The molecule has 8 rings (SSSR count). The minimum absolute atomic E-state index is 0.316. The van der Waals surface area contributed by atoms with Crippen molar-refractivity contribution >= 4 is 43.6 Å². The molecule has 0 amide bonds. The van der Waals surface area contributed by atoms with E-state index in [0.717, 1.165) is 64.1 Å². The number of aromatic nitrogens is 2. The van der Waals surface area contributed by atoms with E-state index in [4.69, 9.17) is 0 Å². The lowest BCUT2D eigenvalue weighted by atomic mass is 10.1. The van der Waals surface area contributed by atoms with Crippen LogP contribution in [-0.2, 0) is 13.1 Å². The highest BCUT2D eigenvalue weighted by molar-refractivity contribution is 6.10. The number of hydrogen-bond acceptors (Lipinski definition) is 4. The molecule has 6 nitrogen and oxygen atoms in total. The molecule has 0 aliphatic heterocycles. The zero-order chi connectivity index (χ0) is 33.5. The lowest BCUT2D eigenvalue weighted by molar-refractivity contribution is 0.266. The largest absolute Gasteiger partial charge is 0.505 e. The van der Waals surface area contributed by atoms with Gasteiger partial charge in [0.05, 0.1) is 33.4 Å². The van der Waals surface area contributed by atoms with Gasteiger partial charge in [-0.15, -0.1) is 0 Å². The molecule has 0 radical (unpaired) electrons. The van der Waals surface area contributed by atoms with Gasteiger partial charge >= 0.3 is 0 Å². The van der Waals surface area contributed by atoms with E-state index in [-0.39, 0.29) is 0 Å². The van der Waals surface area contributed by atoms with E-state index in [2.05, 4.69) is 106 Å². The van der Waals surface area contributed by atoms with Crippen molar-refractivity contribution < 1.29 is 10.2 Å². The van der Waals surface area contributed by atoms with E-state index < -0.39 is 0 Å². The van der Waals surface area contributed by atoms with Crippen LogP contribution in [0.15, 0.2) is 133 Å². The highest BCUT2D eigenvalue weighted by atomic mass is 16.3. The van der Waals surface area contributed by atoms with Gasteiger partial charge in [-0.1, -0.05) is 97.1 Å². The smallest absolute Gasteiger partial charge is 0.144 e. The third-order valence-electron chi connectivity index (χ3n) is 9.80. The molecule has 244 valence electrons. The van der Waals surface area contributed by atoms with Gasteiger partial charge in [0.15, 0.2) is 0 Å². The van der Waals surface area contributed by atoms with Gasteiger partial charge < -0.3 is 29.1 Å². The maximum absolute atomic E-state index is 11.6. The fourth-order valence-electron chi connectivity index (χ4n) is 7.49. The van der Waals surface area contributed by atoms with E-state index in [1.165, 1.54) is 21.5 Å². The Labute approximate surface area is 286 Å². The van der Waals surface area contributed by atoms with Crippen molar-refractivity contribution in [3.05, 3.63) is 145 Å². The highest BCUT2D eigenvalue weighted by Crippen LogP contribution is 2.38. The van der Waals surface area contributed by atoms with Crippen molar-refractivity contribution in [3.63, 3.8) is 0 Å². The number of fused-ring (bicyclic) bond motifs is 6. The zero-order valence-corrected chi connectivity index (χ0v) is 27.9.